The van der Waals surface area contributed by atoms with E-state index >= 15 is 0 Å². The quantitative estimate of drug-likeness (QED) is 0.854. The molecule has 1 saturated heterocycles. The number of aryl methyl sites for hydroxylation is 2. The fourth-order valence-electron chi connectivity index (χ4n) is 2.99. The van der Waals surface area contributed by atoms with Gasteiger partial charge in [-0.25, -0.2) is 4.98 Å². The van der Waals surface area contributed by atoms with E-state index in [2.05, 4.69) is 20.4 Å². The van der Waals surface area contributed by atoms with Crippen LogP contribution < -0.4 is 0 Å². The Kier molecular flexibility index (Phi) is 5.07. The molecule has 124 valence electrons. The molecule has 7 heteroatoms. The van der Waals surface area contributed by atoms with Gasteiger partial charge in [0.25, 0.3) is 0 Å². The van der Waals surface area contributed by atoms with Gasteiger partial charge in [0.05, 0.1) is 16.9 Å². The fraction of sp³-hybridized carbons (Fsp3) is 0.562. The summed E-state index contributed by atoms with van der Waals surface area (Å²) >= 11 is 1.63. The number of rotatable bonds is 4. The van der Waals surface area contributed by atoms with E-state index in [0.717, 1.165) is 56.2 Å². The molecule has 0 spiro atoms. The lowest BCUT2D eigenvalue weighted by atomic mass is 10.3. The molecule has 3 heterocycles. The number of carbonyl (C=O) groups is 1. The predicted octanol–water partition coefficient (Wildman–Crippen LogP) is 1.69. The topological polar surface area (TPSA) is 54.3 Å². The van der Waals surface area contributed by atoms with Crippen molar-refractivity contribution in [3.8, 4) is 0 Å². The van der Waals surface area contributed by atoms with E-state index in [9.17, 15) is 4.79 Å². The van der Waals surface area contributed by atoms with Crippen LogP contribution in [0.25, 0.3) is 0 Å². The van der Waals surface area contributed by atoms with Crippen molar-refractivity contribution in [1.82, 2.24) is 24.6 Å². The molecule has 3 rings (SSSR count). The molecule has 1 aliphatic rings. The molecule has 0 radical (unpaired) electrons. The van der Waals surface area contributed by atoms with Crippen LogP contribution in [0.2, 0.25) is 0 Å². The Balaban J connectivity index is 1.54. The van der Waals surface area contributed by atoms with Crippen molar-refractivity contribution in [3.63, 3.8) is 0 Å². The van der Waals surface area contributed by atoms with Crippen LogP contribution in [0.4, 0.5) is 0 Å². The maximum atomic E-state index is 12.5. The number of amides is 1. The van der Waals surface area contributed by atoms with Gasteiger partial charge in [0.15, 0.2) is 0 Å². The minimum atomic E-state index is 0.159. The molecule has 1 amide bonds. The Labute approximate surface area is 140 Å². The molecule has 2 aromatic heterocycles. The number of carbonyl (C=O) groups excluding carboxylic acids is 1. The lowest BCUT2D eigenvalue weighted by Gasteiger charge is -2.21. The van der Waals surface area contributed by atoms with Gasteiger partial charge in [0, 0.05) is 43.8 Å². The van der Waals surface area contributed by atoms with Crippen LogP contribution in [0.15, 0.2) is 17.0 Å². The molecule has 1 aliphatic heterocycles. The van der Waals surface area contributed by atoms with Crippen LogP contribution in [0.5, 0.6) is 0 Å². The number of thiazole rings is 1. The number of aromatic nitrogens is 3. The van der Waals surface area contributed by atoms with Gasteiger partial charge in [-0.2, -0.15) is 5.10 Å². The van der Waals surface area contributed by atoms with Crippen LogP contribution in [0.1, 0.15) is 23.5 Å². The predicted molar refractivity (Wildman–Crippen MR) is 90.3 cm³/mol. The van der Waals surface area contributed by atoms with E-state index < -0.39 is 0 Å². The molecular formula is C16H23N5OS. The van der Waals surface area contributed by atoms with E-state index in [4.69, 9.17) is 0 Å². The third kappa shape index (κ3) is 4.17. The molecule has 0 saturated carbocycles. The van der Waals surface area contributed by atoms with Gasteiger partial charge in [0.2, 0.25) is 5.91 Å². The Bertz CT molecular complexity index is 651. The number of hydrogen-bond acceptors (Lipinski definition) is 5. The third-order valence-electron chi connectivity index (χ3n) is 4.20. The van der Waals surface area contributed by atoms with Gasteiger partial charge < -0.3 is 4.90 Å². The summed E-state index contributed by atoms with van der Waals surface area (Å²) in [5.41, 5.74) is 4.99. The fourth-order valence-corrected chi connectivity index (χ4v) is 3.54. The Hall–Kier alpha value is -1.73. The van der Waals surface area contributed by atoms with Crippen LogP contribution in [-0.4, -0.2) is 56.7 Å². The summed E-state index contributed by atoms with van der Waals surface area (Å²) in [6, 6.07) is 2.01. The highest BCUT2D eigenvalue weighted by molar-refractivity contribution is 7.07. The third-order valence-corrected chi connectivity index (χ3v) is 4.83. The monoisotopic (exact) mass is 333 g/mol. The van der Waals surface area contributed by atoms with E-state index in [1.165, 1.54) is 0 Å². The van der Waals surface area contributed by atoms with Crippen LogP contribution in [0.3, 0.4) is 0 Å². The normalized spacial score (nSPS) is 16.5. The minimum Gasteiger partial charge on any atom is -0.340 e. The van der Waals surface area contributed by atoms with Crippen molar-refractivity contribution in [2.75, 3.05) is 26.2 Å². The van der Waals surface area contributed by atoms with E-state index in [0.29, 0.717) is 6.54 Å². The Morgan fingerprint density at radius 2 is 2.13 bits per heavy atom. The average molecular weight is 333 g/mol. The minimum absolute atomic E-state index is 0.159. The zero-order valence-corrected chi connectivity index (χ0v) is 14.6. The van der Waals surface area contributed by atoms with Gasteiger partial charge in [0.1, 0.15) is 6.54 Å². The molecule has 0 unspecified atom stereocenters. The Morgan fingerprint density at radius 3 is 2.83 bits per heavy atom. The van der Waals surface area contributed by atoms with Crippen molar-refractivity contribution in [2.24, 2.45) is 0 Å². The molecule has 6 nitrogen and oxygen atoms in total. The standard InChI is InChI=1S/C16H23N5OS/c1-13-8-14(2)21(18-13)10-16(22)20-5-3-4-19(6-7-20)9-15-11-23-12-17-15/h8,11-12H,3-7,9-10H2,1-2H3. The van der Waals surface area contributed by atoms with Crippen molar-refractivity contribution in [1.29, 1.82) is 0 Å². The highest BCUT2D eigenvalue weighted by atomic mass is 32.1. The maximum Gasteiger partial charge on any atom is 0.244 e. The molecule has 0 N–H and O–H groups in total. The van der Waals surface area contributed by atoms with Crippen LogP contribution in [0, 0.1) is 13.8 Å². The second kappa shape index (κ2) is 7.23. The molecule has 2 aromatic rings. The first-order chi connectivity index (χ1) is 11.1. The molecule has 0 atom stereocenters. The molecular weight excluding hydrogens is 310 g/mol. The molecule has 0 aromatic carbocycles. The first-order valence-electron chi connectivity index (χ1n) is 8.00. The van der Waals surface area contributed by atoms with Crippen LogP contribution in [-0.2, 0) is 17.9 Å². The smallest absolute Gasteiger partial charge is 0.244 e. The van der Waals surface area contributed by atoms with Crippen molar-refractivity contribution in [2.45, 2.75) is 33.4 Å². The highest BCUT2D eigenvalue weighted by Gasteiger charge is 2.20. The van der Waals surface area contributed by atoms with E-state index in [1.807, 2.05) is 30.3 Å². The molecule has 23 heavy (non-hydrogen) atoms. The largest absolute Gasteiger partial charge is 0.340 e. The van der Waals surface area contributed by atoms with Crippen LogP contribution >= 0.6 is 11.3 Å². The first kappa shape index (κ1) is 16.1. The summed E-state index contributed by atoms with van der Waals surface area (Å²) in [7, 11) is 0. The zero-order chi connectivity index (χ0) is 16.2. The van der Waals surface area contributed by atoms with E-state index in [-0.39, 0.29) is 5.91 Å². The summed E-state index contributed by atoms with van der Waals surface area (Å²) in [5, 5.41) is 6.48. The maximum absolute atomic E-state index is 12.5. The zero-order valence-electron chi connectivity index (χ0n) is 13.7. The Morgan fingerprint density at radius 1 is 1.26 bits per heavy atom. The second-order valence-electron chi connectivity index (χ2n) is 6.08. The first-order valence-corrected chi connectivity index (χ1v) is 8.94. The summed E-state index contributed by atoms with van der Waals surface area (Å²) in [4.78, 5) is 21.2. The molecule has 0 aliphatic carbocycles. The number of nitrogens with zero attached hydrogens (tertiary/aromatic N) is 5. The van der Waals surface area contributed by atoms with Crippen molar-refractivity contribution >= 4 is 17.2 Å². The summed E-state index contributed by atoms with van der Waals surface area (Å²) in [5.74, 6) is 0.159. The lowest BCUT2D eigenvalue weighted by Crippen LogP contribution is -2.37. The van der Waals surface area contributed by atoms with Gasteiger partial charge in [-0.05, 0) is 26.3 Å². The van der Waals surface area contributed by atoms with Crippen molar-refractivity contribution < 1.29 is 4.79 Å². The molecule has 0 bridgehead atoms. The van der Waals surface area contributed by atoms with Gasteiger partial charge in [-0.3, -0.25) is 14.4 Å². The number of hydrogen-bond donors (Lipinski definition) is 0. The lowest BCUT2D eigenvalue weighted by molar-refractivity contribution is -0.131. The van der Waals surface area contributed by atoms with E-state index in [1.54, 1.807) is 16.0 Å². The summed E-state index contributed by atoms with van der Waals surface area (Å²) in [6.07, 6.45) is 1.01. The van der Waals surface area contributed by atoms with Crippen molar-refractivity contribution in [3.05, 3.63) is 34.0 Å². The summed E-state index contributed by atoms with van der Waals surface area (Å²) < 4.78 is 1.80. The van der Waals surface area contributed by atoms with Gasteiger partial charge in [-0.15, -0.1) is 11.3 Å². The summed E-state index contributed by atoms with van der Waals surface area (Å²) in [6.45, 7) is 8.69. The molecule has 1 fully saturated rings. The average Bonchev–Trinajstić information content (AvgIpc) is 3.04. The second-order valence-corrected chi connectivity index (χ2v) is 6.79. The highest BCUT2D eigenvalue weighted by Crippen LogP contribution is 2.10. The van der Waals surface area contributed by atoms with Gasteiger partial charge >= 0.3 is 0 Å². The van der Waals surface area contributed by atoms with Gasteiger partial charge in [-0.1, -0.05) is 0 Å². The SMILES string of the molecule is Cc1cc(C)n(CC(=O)N2CCCN(Cc3cscn3)CC2)n1.